The van der Waals surface area contributed by atoms with Gasteiger partial charge in [0.15, 0.2) is 9.84 Å². The summed E-state index contributed by atoms with van der Waals surface area (Å²) in [5.74, 6) is 0.715. The van der Waals surface area contributed by atoms with Gasteiger partial charge in [0, 0.05) is 29.5 Å². The highest BCUT2D eigenvalue weighted by molar-refractivity contribution is 7.92. The highest BCUT2D eigenvalue weighted by atomic mass is 32.2. The first-order valence-electron chi connectivity index (χ1n) is 9.51. The lowest BCUT2D eigenvalue weighted by Crippen LogP contribution is -2.18. The molecule has 0 unspecified atom stereocenters. The number of amides is 1. The number of rotatable bonds is 7. The zero-order valence-electron chi connectivity index (χ0n) is 15.7. The Bertz CT molecular complexity index is 1070. The monoisotopic (exact) mass is 431 g/mol. The van der Waals surface area contributed by atoms with Gasteiger partial charge in [-0.3, -0.25) is 4.79 Å². The molecule has 1 amide bonds. The van der Waals surface area contributed by atoms with Gasteiger partial charge in [-0.25, -0.2) is 8.42 Å². The third-order valence-electron chi connectivity index (χ3n) is 5.02. The second-order valence-corrected chi connectivity index (χ2v) is 10.1. The second kappa shape index (κ2) is 8.46. The van der Waals surface area contributed by atoms with Crippen molar-refractivity contribution in [2.45, 2.75) is 48.7 Å². The van der Waals surface area contributed by atoms with Gasteiger partial charge in [0.05, 0.1) is 10.1 Å². The molecule has 0 spiro atoms. The number of carbonyl (C=O) groups excluding carboxylic acids is 1. The number of benzene rings is 1. The molecular formula is C20H21N3O4S2. The highest BCUT2D eigenvalue weighted by Crippen LogP contribution is 2.30. The van der Waals surface area contributed by atoms with E-state index in [1.165, 1.54) is 0 Å². The highest BCUT2D eigenvalue weighted by Gasteiger charge is 2.30. The summed E-state index contributed by atoms with van der Waals surface area (Å²) >= 11 is 1.55. The first-order valence-corrected chi connectivity index (χ1v) is 12.0. The van der Waals surface area contributed by atoms with Crippen LogP contribution in [-0.4, -0.2) is 29.7 Å². The molecule has 4 rings (SSSR count). The number of hydrogen-bond acceptors (Lipinski definition) is 7. The zero-order chi connectivity index (χ0) is 20.3. The van der Waals surface area contributed by atoms with Crippen LogP contribution < -0.4 is 5.32 Å². The van der Waals surface area contributed by atoms with Crippen molar-refractivity contribution >= 4 is 32.8 Å². The number of anilines is 1. The van der Waals surface area contributed by atoms with Crippen LogP contribution in [0, 0.1) is 0 Å². The molecule has 0 radical (unpaired) electrons. The van der Waals surface area contributed by atoms with Gasteiger partial charge in [-0.05, 0) is 48.6 Å². The number of aromatic nitrogens is 2. The van der Waals surface area contributed by atoms with E-state index in [1.807, 2.05) is 16.8 Å². The molecular weight excluding hydrogens is 410 g/mol. The maximum absolute atomic E-state index is 12.6. The van der Waals surface area contributed by atoms with E-state index in [9.17, 15) is 13.2 Å². The Morgan fingerprint density at radius 3 is 2.62 bits per heavy atom. The first kappa shape index (κ1) is 19.8. The van der Waals surface area contributed by atoms with Gasteiger partial charge in [0.25, 0.3) is 0 Å². The fraction of sp³-hybridized carbons (Fsp3) is 0.350. The smallest absolute Gasteiger partial charge is 0.227 e. The topological polar surface area (TPSA) is 102 Å². The SMILES string of the molecule is O=C(CCc1nc(-c2ccsc2)no1)Nc1ccc(S(=O)(=O)C2CCCC2)cc1. The van der Waals surface area contributed by atoms with E-state index in [4.69, 9.17) is 4.52 Å². The summed E-state index contributed by atoms with van der Waals surface area (Å²) in [5, 5.41) is 10.3. The van der Waals surface area contributed by atoms with Crippen molar-refractivity contribution in [2.24, 2.45) is 0 Å². The van der Waals surface area contributed by atoms with Crippen LogP contribution in [0.4, 0.5) is 5.69 Å². The van der Waals surface area contributed by atoms with Gasteiger partial charge < -0.3 is 9.84 Å². The summed E-state index contributed by atoms with van der Waals surface area (Å²) in [6.07, 6.45) is 3.90. The molecule has 1 aliphatic rings. The lowest BCUT2D eigenvalue weighted by atomic mass is 10.2. The average Bonchev–Trinajstić information content (AvgIpc) is 3.49. The molecule has 2 heterocycles. The van der Waals surface area contributed by atoms with E-state index in [1.54, 1.807) is 35.6 Å². The Morgan fingerprint density at radius 2 is 1.93 bits per heavy atom. The van der Waals surface area contributed by atoms with E-state index in [2.05, 4.69) is 15.5 Å². The van der Waals surface area contributed by atoms with E-state index >= 15 is 0 Å². The quantitative estimate of drug-likeness (QED) is 0.605. The fourth-order valence-electron chi connectivity index (χ4n) is 3.43. The minimum atomic E-state index is -3.29. The van der Waals surface area contributed by atoms with Crippen LogP contribution >= 0.6 is 11.3 Å². The van der Waals surface area contributed by atoms with Crippen molar-refractivity contribution in [3.63, 3.8) is 0 Å². The lowest BCUT2D eigenvalue weighted by Gasteiger charge is -2.12. The van der Waals surface area contributed by atoms with Crippen LogP contribution in [0.2, 0.25) is 0 Å². The number of sulfone groups is 1. The number of thiophene rings is 1. The molecule has 9 heteroatoms. The molecule has 7 nitrogen and oxygen atoms in total. The molecule has 29 heavy (non-hydrogen) atoms. The van der Waals surface area contributed by atoms with E-state index < -0.39 is 9.84 Å². The summed E-state index contributed by atoms with van der Waals surface area (Å²) in [6, 6.07) is 8.29. The largest absolute Gasteiger partial charge is 0.339 e. The van der Waals surface area contributed by atoms with Crippen molar-refractivity contribution < 1.29 is 17.7 Å². The van der Waals surface area contributed by atoms with Crippen LogP contribution in [-0.2, 0) is 21.1 Å². The standard InChI is InChI=1S/C20H21N3O4S2/c24-18(9-10-19-22-20(23-27-19)14-11-12-28-13-14)21-15-5-7-17(8-6-15)29(25,26)16-3-1-2-4-16/h5-8,11-13,16H,1-4,9-10H2,(H,21,24). The molecule has 0 saturated heterocycles. The average molecular weight is 432 g/mol. The number of carbonyl (C=O) groups is 1. The van der Waals surface area contributed by atoms with Gasteiger partial charge in [-0.2, -0.15) is 16.3 Å². The molecule has 0 bridgehead atoms. The Morgan fingerprint density at radius 1 is 1.17 bits per heavy atom. The van der Waals surface area contributed by atoms with Gasteiger partial charge in [0.1, 0.15) is 0 Å². The Labute approximate surface area is 173 Å². The summed E-state index contributed by atoms with van der Waals surface area (Å²) in [5.41, 5.74) is 1.45. The number of hydrogen-bond donors (Lipinski definition) is 1. The minimum Gasteiger partial charge on any atom is -0.339 e. The van der Waals surface area contributed by atoms with Gasteiger partial charge in [-0.15, -0.1) is 0 Å². The zero-order valence-corrected chi connectivity index (χ0v) is 17.3. The number of aryl methyl sites for hydroxylation is 1. The third kappa shape index (κ3) is 4.56. The Balaban J connectivity index is 1.32. The van der Waals surface area contributed by atoms with Crippen molar-refractivity contribution in [1.29, 1.82) is 0 Å². The molecule has 1 fully saturated rings. The molecule has 0 atom stereocenters. The van der Waals surface area contributed by atoms with E-state index in [-0.39, 0.29) is 17.6 Å². The van der Waals surface area contributed by atoms with E-state index in [0.29, 0.717) is 28.7 Å². The molecule has 2 aromatic heterocycles. The van der Waals surface area contributed by atoms with Crippen LogP contribution in [0.3, 0.4) is 0 Å². The summed E-state index contributed by atoms with van der Waals surface area (Å²) in [7, 11) is -3.29. The normalized spacial score (nSPS) is 14.9. The van der Waals surface area contributed by atoms with Crippen LogP contribution in [0.25, 0.3) is 11.4 Å². The minimum absolute atomic E-state index is 0.188. The van der Waals surface area contributed by atoms with Crippen molar-refractivity contribution in [3.05, 3.63) is 47.0 Å². The number of nitrogens with zero attached hydrogens (tertiary/aromatic N) is 2. The van der Waals surface area contributed by atoms with Crippen LogP contribution in [0.15, 0.2) is 50.5 Å². The first-order chi connectivity index (χ1) is 14.0. The molecule has 1 saturated carbocycles. The van der Waals surface area contributed by atoms with Gasteiger partial charge >= 0.3 is 0 Å². The number of nitrogens with one attached hydrogen (secondary N) is 1. The summed E-state index contributed by atoms with van der Waals surface area (Å²) in [6.45, 7) is 0. The lowest BCUT2D eigenvalue weighted by molar-refractivity contribution is -0.116. The Hall–Kier alpha value is -2.52. The summed E-state index contributed by atoms with van der Waals surface area (Å²) in [4.78, 5) is 16.8. The van der Waals surface area contributed by atoms with Crippen LogP contribution in [0.5, 0.6) is 0 Å². The molecule has 0 aliphatic heterocycles. The molecule has 1 aromatic carbocycles. The van der Waals surface area contributed by atoms with Crippen molar-refractivity contribution in [3.8, 4) is 11.4 Å². The van der Waals surface area contributed by atoms with Crippen molar-refractivity contribution in [1.82, 2.24) is 10.1 Å². The molecule has 1 aliphatic carbocycles. The van der Waals surface area contributed by atoms with E-state index in [0.717, 1.165) is 31.2 Å². The maximum atomic E-state index is 12.6. The van der Waals surface area contributed by atoms with Crippen molar-refractivity contribution in [2.75, 3.05) is 5.32 Å². The predicted molar refractivity (Wildman–Crippen MR) is 110 cm³/mol. The van der Waals surface area contributed by atoms with Gasteiger partial charge in [-0.1, -0.05) is 18.0 Å². The molecule has 152 valence electrons. The maximum Gasteiger partial charge on any atom is 0.227 e. The fourth-order valence-corrected chi connectivity index (χ4v) is 5.92. The molecule has 1 N–H and O–H groups in total. The Kier molecular flexibility index (Phi) is 5.77. The third-order valence-corrected chi connectivity index (χ3v) is 7.98. The molecule has 3 aromatic rings. The predicted octanol–water partition coefficient (Wildman–Crippen LogP) is 4.09. The van der Waals surface area contributed by atoms with Gasteiger partial charge in [0.2, 0.25) is 17.6 Å². The van der Waals surface area contributed by atoms with Crippen LogP contribution in [0.1, 0.15) is 38.0 Å². The summed E-state index contributed by atoms with van der Waals surface area (Å²) < 4.78 is 30.4. The second-order valence-electron chi connectivity index (χ2n) is 7.05.